The summed E-state index contributed by atoms with van der Waals surface area (Å²) in [6, 6.07) is 11.2. The summed E-state index contributed by atoms with van der Waals surface area (Å²) in [6.07, 6.45) is 3.74. The molecule has 1 unspecified atom stereocenters. The van der Waals surface area contributed by atoms with Gasteiger partial charge in [-0.15, -0.1) is 19.4 Å². The second-order valence-electron chi connectivity index (χ2n) is 10.7. The van der Waals surface area contributed by atoms with E-state index in [4.69, 9.17) is 0 Å². The number of aromatic nitrogens is 3. The van der Waals surface area contributed by atoms with Gasteiger partial charge in [0.15, 0.2) is 5.82 Å². The van der Waals surface area contributed by atoms with E-state index in [0.717, 1.165) is 35.1 Å². The summed E-state index contributed by atoms with van der Waals surface area (Å²) in [7, 11) is 6.44. The number of nitrogens with zero attached hydrogens (tertiary/aromatic N) is 4. The molecule has 7 nitrogen and oxygen atoms in total. The number of phenolic OH excluding ortho intramolecular Hbond substituents is 1. The van der Waals surface area contributed by atoms with Crippen molar-refractivity contribution in [3.63, 3.8) is 0 Å². The van der Waals surface area contributed by atoms with Gasteiger partial charge in [0.2, 0.25) is 0 Å². The molecule has 34 heavy (non-hydrogen) atoms. The molecular weight excluding hydrogens is 445 g/mol. The lowest BCUT2D eigenvalue weighted by atomic mass is 9.79. The Morgan fingerprint density at radius 1 is 1.06 bits per heavy atom. The van der Waals surface area contributed by atoms with Gasteiger partial charge in [0.05, 0.1) is 11.3 Å². The zero-order valence-electron chi connectivity index (χ0n) is 20.8. The molecule has 1 aliphatic heterocycles. The quantitative estimate of drug-likeness (QED) is 0.558. The van der Waals surface area contributed by atoms with Gasteiger partial charge in [-0.3, -0.25) is 4.79 Å². The molecule has 0 saturated carbocycles. The Bertz CT molecular complexity index is 1230. The van der Waals surface area contributed by atoms with Crippen molar-refractivity contribution in [3.8, 4) is 28.1 Å². The number of aryl methyl sites for hydroxylation is 1. The minimum absolute atomic E-state index is 0.0406. The number of hydrogen-bond donors (Lipinski definition) is 2. The van der Waals surface area contributed by atoms with Gasteiger partial charge in [-0.2, -0.15) is 0 Å². The summed E-state index contributed by atoms with van der Waals surface area (Å²) in [6.45, 7) is 8.96. The molecule has 2 aromatic heterocycles. The highest BCUT2D eigenvalue weighted by Gasteiger charge is 2.39. The first-order chi connectivity index (χ1) is 15.8. The number of pyridine rings is 1. The van der Waals surface area contributed by atoms with Crippen molar-refractivity contribution in [3.05, 3.63) is 52.9 Å². The van der Waals surface area contributed by atoms with Crippen molar-refractivity contribution in [2.75, 3.05) is 11.9 Å². The Morgan fingerprint density at radius 2 is 1.74 bits per heavy atom. The fourth-order valence-electron chi connectivity index (χ4n) is 5.20. The maximum Gasteiger partial charge on any atom is 0.250 e. The second kappa shape index (κ2) is 8.79. The van der Waals surface area contributed by atoms with Gasteiger partial charge in [0.25, 0.3) is 5.56 Å². The molecule has 3 aromatic rings. The van der Waals surface area contributed by atoms with Crippen LogP contribution in [0.1, 0.15) is 40.5 Å². The van der Waals surface area contributed by atoms with Gasteiger partial charge in [0.1, 0.15) is 5.75 Å². The predicted molar refractivity (Wildman–Crippen MR) is 142 cm³/mol. The topological polar surface area (TPSA) is 83.3 Å². The standard InChI is InChI=1S/C26H34N5O2P/c1-25(2)14-18(15-26(3,4)29-25)31(6)22-8-7-19(27-28-22)24-20(32)11-17(12-21(24)34)16-9-10-30(5)23(33)13-16/h7-13,18,29,32H,14-15,34H2,1-6H3. The maximum absolute atomic E-state index is 12.0. The molecule has 0 spiro atoms. The molecule has 0 amide bonds. The Morgan fingerprint density at radius 3 is 2.29 bits per heavy atom. The van der Waals surface area contributed by atoms with Crippen LogP contribution in [0.15, 0.2) is 47.4 Å². The van der Waals surface area contributed by atoms with Crippen LogP contribution in [0.25, 0.3) is 22.4 Å². The van der Waals surface area contributed by atoms with E-state index in [0.29, 0.717) is 17.3 Å². The number of phenols is 1. The fourth-order valence-corrected chi connectivity index (χ4v) is 5.67. The van der Waals surface area contributed by atoms with Crippen LogP contribution in [-0.4, -0.2) is 44.0 Å². The fraction of sp³-hybridized carbons (Fsp3) is 0.423. The number of rotatable bonds is 4. The summed E-state index contributed by atoms with van der Waals surface area (Å²) in [5.74, 6) is 0.907. The third-order valence-corrected chi connectivity index (χ3v) is 7.03. The van der Waals surface area contributed by atoms with E-state index in [9.17, 15) is 9.90 Å². The number of anilines is 1. The van der Waals surface area contributed by atoms with E-state index in [1.54, 1.807) is 25.4 Å². The van der Waals surface area contributed by atoms with E-state index in [-0.39, 0.29) is 22.4 Å². The number of nitrogens with one attached hydrogen (secondary N) is 1. The van der Waals surface area contributed by atoms with Crippen molar-refractivity contribution in [2.24, 2.45) is 7.05 Å². The lowest BCUT2D eigenvalue weighted by molar-refractivity contribution is 0.160. The first kappa shape index (κ1) is 24.4. The highest BCUT2D eigenvalue weighted by atomic mass is 31.0. The third kappa shape index (κ3) is 5.01. The summed E-state index contributed by atoms with van der Waals surface area (Å²) < 4.78 is 1.51. The zero-order chi connectivity index (χ0) is 24.8. The Balaban J connectivity index is 1.60. The van der Waals surface area contributed by atoms with Crippen LogP contribution in [0.4, 0.5) is 5.82 Å². The lowest BCUT2D eigenvalue weighted by Gasteiger charge is -2.49. The summed E-state index contributed by atoms with van der Waals surface area (Å²) >= 11 is 0. The molecule has 2 N–H and O–H groups in total. The molecule has 1 saturated heterocycles. The van der Waals surface area contributed by atoms with Gasteiger partial charge < -0.3 is 19.9 Å². The second-order valence-corrected chi connectivity index (χ2v) is 11.3. The number of benzene rings is 1. The van der Waals surface area contributed by atoms with Gasteiger partial charge in [-0.25, -0.2) is 0 Å². The van der Waals surface area contributed by atoms with Crippen molar-refractivity contribution in [2.45, 2.75) is 57.7 Å². The predicted octanol–water partition coefficient (Wildman–Crippen LogP) is 3.46. The van der Waals surface area contributed by atoms with Crippen molar-refractivity contribution in [1.82, 2.24) is 20.1 Å². The Labute approximate surface area is 203 Å². The first-order valence-corrected chi connectivity index (χ1v) is 12.1. The van der Waals surface area contributed by atoms with Gasteiger partial charge in [-0.05, 0) is 87.3 Å². The smallest absolute Gasteiger partial charge is 0.250 e. The van der Waals surface area contributed by atoms with Crippen LogP contribution in [0.2, 0.25) is 0 Å². The maximum atomic E-state index is 12.0. The molecule has 0 bridgehead atoms. The monoisotopic (exact) mass is 479 g/mol. The van der Waals surface area contributed by atoms with Gasteiger partial charge in [0, 0.05) is 43.5 Å². The molecule has 1 aromatic carbocycles. The van der Waals surface area contributed by atoms with E-state index in [1.165, 1.54) is 4.57 Å². The number of hydrogen-bond acceptors (Lipinski definition) is 6. The molecule has 1 aliphatic rings. The molecule has 1 atom stereocenters. The minimum Gasteiger partial charge on any atom is -0.507 e. The van der Waals surface area contributed by atoms with Gasteiger partial charge in [-0.1, -0.05) is 0 Å². The number of piperidine rings is 1. The Hall–Kier alpha value is -2.76. The Kier molecular flexibility index (Phi) is 6.30. The average Bonchev–Trinajstić information content (AvgIpc) is 2.73. The van der Waals surface area contributed by atoms with E-state index in [1.807, 2.05) is 24.3 Å². The summed E-state index contributed by atoms with van der Waals surface area (Å²) in [5.41, 5.74) is 2.72. The van der Waals surface area contributed by atoms with E-state index in [2.05, 4.69) is 64.4 Å². The third-order valence-electron chi connectivity index (χ3n) is 6.57. The average molecular weight is 480 g/mol. The van der Waals surface area contributed by atoms with Crippen LogP contribution >= 0.6 is 9.24 Å². The van der Waals surface area contributed by atoms with Crippen LogP contribution in [0, 0.1) is 0 Å². The SMILES string of the molecule is CN(c1ccc(-c2c(O)cc(-c3ccn(C)c(=O)c3)cc2P)nn1)C1CC(C)(C)NC(C)(C)C1. The molecule has 0 aliphatic carbocycles. The molecule has 8 heteroatoms. The number of aromatic hydroxyl groups is 1. The van der Waals surface area contributed by atoms with Crippen LogP contribution in [0.3, 0.4) is 0 Å². The molecule has 0 radical (unpaired) electrons. The largest absolute Gasteiger partial charge is 0.507 e. The molecule has 3 heterocycles. The highest BCUT2D eigenvalue weighted by Crippen LogP contribution is 2.34. The van der Waals surface area contributed by atoms with Crippen LogP contribution < -0.4 is 21.1 Å². The minimum atomic E-state index is -0.0996. The lowest BCUT2D eigenvalue weighted by Crippen LogP contribution is -2.62. The highest BCUT2D eigenvalue weighted by molar-refractivity contribution is 7.28. The van der Waals surface area contributed by atoms with E-state index >= 15 is 0 Å². The molecule has 180 valence electrons. The van der Waals surface area contributed by atoms with Gasteiger partial charge >= 0.3 is 0 Å². The summed E-state index contributed by atoms with van der Waals surface area (Å²) in [4.78, 5) is 14.2. The molecule has 4 rings (SSSR count). The van der Waals surface area contributed by atoms with Crippen LogP contribution in [-0.2, 0) is 7.05 Å². The van der Waals surface area contributed by atoms with Crippen molar-refractivity contribution < 1.29 is 5.11 Å². The van der Waals surface area contributed by atoms with E-state index < -0.39 is 0 Å². The zero-order valence-corrected chi connectivity index (χ0v) is 21.9. The van der Waals surface area contributed by atoms with Crippen molar-refractivity contribution >= 4 is 20.4 Å². The molecule has 1 fully saturated rings. The van der Waals surface area contributed by atoms with Crippen LogP contribution in [0.5, 0.6) is 5.75 Å². The molecular formula is C26H34N5O2P. The first-order valence-electron chi connectivity index (χ1n) is 11.5. The normalized spacial score (nSPS) is 17.5. The van der Waals surface area contributed by atoms with Crippen molar-refractivity contribution in [1.29, 1.82) is 0 Å². The summed E-state index contributed by atoms with van der Waals surface area (Å²) in [5, 5.41) is 24.3.